The molecule has 1 atom stereocenters. The van der Waals surface area contributed by atoms with E-state index in [-0.39, 0.29) is 28.1 Å². The van der Waals surface area contributed by atoms with E-state index in [9.17, 15) is 22.0 Å². The van der Waals surface area contributed by atoms with E-state index in [1.807, 2.05) is 0 Å². The molecule has 148 valence electrons. The lowest BCUT2D eigenvalue weighted by Gasteiger charge is -2.30. The Hall–Kier alpha value is -2.81. The highest BCUT2D eigenvalue weighted by Gasteiger charge is 2.47. The quantitative estimate of drug-likeness (QED) is 0.529. The first kappa shape index (κ1) is 19.5. The number of alkyl halides is 3. The van der Waals surface area contributed by atoms with E-state index >= 15 is 0 Å². The fraction of sp³-hybridized carbons (Fsp3) is 0.100. The van der Waals surface area contributed by atoms with Gasteiger partial charge in [-0.15, -0.1) is 0 Å². The molecular weight excluding hydrogens is 457 g/mol. The SMILES string of the molecule is NC1=NC(c2ccnc(C(F)(F)F)c2)(c2cc(Br)ccc2F)c2cccc(F)c21. The lowest BCUT2D eigenvalue weighted by atomic mass is 9.77. The van der Waals surface area contributed by atoms with E-state index in [1.54, 1.807) is 0 Å². The van der Waals surface area contributed by atoms with Gasteiger partial charge in [0.05, 0.1) is 5.56 Å². The molecule has 1 aliphatic heterocycles. The highest BCUT2D eigenvalue weighted by molar-refractivity contribution is 9.10. The number of halogens is 6. The lowest BCUT2D eigenvalue weighted by Crippen LogP contribution is -2.28. The van der Waals surface area contributed by atoms with Gasteiger partial charge in [0.15, 0.2) is 0 Å². The van der Waals surface area contributed by atoms with Gasteiger partial charge in [-0.25, -0.2) is 13.8 Å². The summed E-state index contributed by atoms with van der Waals surface area (Å²) in [6, 6.07) is 10.0. The second kappa shape index (κ2) is 6.62. The van der Waals surface area contributed by atoms with Crippen LogP contribution in [0.15, 0.2) is 64.2 Å². The summed E-state index contributed by atoms with van der Waals surface area (Å²) in [7, 11) is 0. The fourth-order valence-electron chi connectivity index (χ4n) is 3.55. The standard InChI is InChI=1S/C20H11BrF5N3/c21-11-4-5-14(22)13(9-11)19(10-6-7-28-16(8-10)20(24,25)26)12-2-1-3-15(23)17(12)18(27)29-19/h1-9H,(H2,27,29). The number of aromatic nitrogens is 1. The van der Waals surface area contributed by atoms with Gasteiger partial charge in [0.25, 0.3) is 0 Å². The van der Waals surface area contributed by atoms with Gasteiger partial charge in [-0.3, -0.25) is 4.98 Å². The molecule has 1 aromatic heterocycles. The molecule has 0 fully saturated rings. The molecule has 3 nitrogen and oxygen atoms in total. The van der Waals surface area contributed by atoms with Crippen molar-refractivity contribution in [3.8, 4) is 0 Å². The summed E-state index contributed by atoms with van der Waals surface area (Å²) in [5.41, 5.74) is 2.93. The molecule has 0 radical (unpaired) electrons. The maximum Gasteiger partial charge on any atom is 0.433 e. The fourth-order valence-corrected chi connectivity index (χ4v) is 3.91. The van der Waals surface area contributed by atoms with Crippen LogP contribution in [0.4, 0.5) is 22.0 Å². The lowest BCUT2D eigenvalue weighted by molar-refractivity contribution is -0.141. The summed E-state index contributed by atoms with van der Waals surface area (Å²) >= 11 is 3.24. The minimum atomic E-state index is -4.73. The number of hydrogen-bond acceptors (Lipinski definition) is 3. The first-order valence-electron chi connectivity index (χ1n) is 8.28. The van der Waals surface area contributed by atoms with Gasteiger partial charge in [0, 0.05) is 21.8 Å². The van der Waals surface area contributed by atoms with Crippen LogP contribution in [-0.4, -0.2) is 10.8 Å². The van der Waals surface area contributed by atoms with Crippen LogP contribution in [0.1, 0.15) is 27.9 Å². The Kier molecular flexibility index (Phi) is 4.45. The first-order valence-corrected chi connectivity index (χ1v) is 9.08. The van der Waals surface area contributed by atoms with Crippen molar-refractivity contribution in [2.24, 2.45) is 10.7 Å². The number of nitrogens with zero attached hydrogens (tertiary/aromatic N) is 2. The predicted octanol–water partition coefficient (Wildman–Crippen LogP) is 5.15. The summed E-state index contributed by atoms with van der Waals surface area (Å²) in [4.78, 5) is 7.67. The molecule has 0 saturated heterocycles. The smallest absolute Gasteiger partial charge is 0.383 e. The topological polar surface area (TPSA) is 51.3 Å². The second-order valence-corrected chi connectivity index (χ2v) is 7.34. The van der Waals surface area contributed by atoms with Crippen molar-refractivity contribution in [2.75, 3.05) is 0 Å². The Bertz CT molecular complexity index is 1160. The van der Waals surface area contributed by atoms with Gasteiger partial charge in [0.2, 0.25) is 0 Å². The third-order valence-electron chi connectivity index (χ3n) is 4.73. The van der Waals surface area contributed by atoms with Gasteiger partial charge >= 0.3 is 6.18 Å². The van der Waals surface area contributed by atoms with Crippen LogP contribution < -0.4 is 5.73 Å². The van der Waals surface area contributed by atoms with Crippen molar-refractivity contribution in [1.29, 1.82) is 0 Å². The Morgan fingerprint density at radius 3 is 2.41 bits per heavy atom. The molecule has 3 aromatic rings. The number of pyridine rings is 1. The van der Waals surface area contributed by atoms with Gasteiger partial charge in [0.1, 0.15) is 28.7 Å². The van der Waals surface area contributed by atoms with Gasteiger partial charge in [-0.05, 0) is 42.0 Å². The molecule has 2 aromatic carbocycles. The second-order valence-electron chi connectivity index (χ2n) is 6.42. The predicted molar refractivity (Wildman–Crippen MR) is 100 cm³/mol. The molecule has 0 amide bonds. The molecule has 2 N–H and O–H groups in total. The number of amidine groups is 1. The van der Waals surface area contributed by atoms with Crippen molar-refractivity contribution >= 4 is 21.8 Å². The van der Waals surface area contributed by atoms with E-state index in [2.05, 4.69) is 25.9 Å². The van der Waals surface area contributed by atoms with Crippen molar-refractivity contribution in [1.82, 2.24) is 4.98 Å². The van der Waals surface area contributed by atoms with Crippen molar-refractivity contribution in [3.05, 3.63) is 98.8 Å². The number of benzene rings is 2. The molecular formula is C20H11BrF5N3. The Morgan fingerprint density at radius 2 is 1.69 bits per heavy atom. The van der Waals surface area contributed by atoms with Crippen LogP contribution in [0.5, 0.6) is 0 Å². The zero-order valence-corrected chi connectivity index (χ0v) is 16.0. The highest BCUT2D eigenvalue weighted by Crippen LogP contribution is 2.48. The largest absolute Gasteiger partial charge is 0.433 e. The maximum atomic E-state index is 14.9. The molecule has 1 unspecified atom stereocenters. The maximum absolute atomic E-state index is 14.9. The van der Waals surface area contributed by atoms with Gasteiger partial charge in [-0.1, -0.05) is 28.1 Å². The summed E-state index contributed by atoms with van der Waals surface area (Å²) in [6.07, 6.45) is -3.77. The molecule has 2 heterocycles. The molecule has 1 aliphatic rings. The monoisotopic (exact) mass is 467 g/mol. The number of fused-ring (bicyclic) bond motifs is 1. The Balaban J connectivity index is 2.13. The van der Waals surface area contributed by atoms with Crippen LogP contribution in [0.2, 0.25) is 0 Å². The number of hydrogen-bond donors (Lipinski definition) is 1. The number of aliphatic imine (C=N–C) groups is 1. The third kappa shape index (κ3) is 3.00. The molecule has 0 spiro atoms. The number of rotatable bonds is 2. The van der Waals surface area contributed by atoms with Crippen LogP contribution in [0.3, 0.4) is 0 Å². The van der Waals surface area contributed by atoms with Crippen LogP contribution in [0, 0.1) is 11.6 Å². The van der Waals surface area contributed by atoms with E-state index < -0.39 is 29.0 Å². The average Bonchev–Trinajstić information content (AvgIpc) is 2.98. The van der Waals surface area contributed by atoms with E-state index in [4.69, 9.17) is 5.73 Å². The zero-order valence-electron chi connectivity index (χ0n) is 14.4. The normalized spacial score (nSPS) is 18.5. The molecule has 29 heavy (non-hydrogen) atoms. The van der Waals surface area contributed by atoms with Crippen molar-refractivity contribution in [2.45, 2.75) is 11.7 Å². The van der Waals surface area contributed by atoms with E-state index in [1.165, 1.54) is 30.3 Å². The summed E-state index contributed by atoms with van der Waals surface area (Å²) < 4.78 is 69.8. The number of nitrogens with two attached hydrogens (primary N) is 1. The Morgan fingerprint density at radius 1 is 0.931 bits per heavy atom. The molecule has 0 aliphatic carbocycles. The minimum absolute atomic E-state index is 0.0378. The molecule has 0 bridgehead atoms. The summed E-state index contributed by atoms with van der Waals surface area (Å²) in [5.74, 6) is -1.67. The average molecular weight is 468 g/mol. The van der Waals surface area contributed by atoms with Crippen LogP contribution in [-0.2, 0) is 11.7 Å². The zero-order chi connectivity index (χ0) is 21.0. The van der Waals surface area contributed by atoms with Crippen LogP contribution >= 0.6 is 15.9 Å². The molecule has 0 saturated carbocycles. The minimum Gasteiger partial charge on any atom is -0.383 e. The highest BCUT2D eigenvalue weighted by atomic mass is 79.9. The Labute approximate surface area is 170 Å². The van der Waals surface area contributed by atoms with Crippen molar-refractivity contribution in [3.63, 3.8) is 0 Å². The van der Waals surface area contributed by atoms with E-state index in [0.29, 0.717) is 4.47 Å². The van der Waals surface area contributed by atoms with Crippen LogP contribution in [0.25, 0.3) is 0 Å². The van der Waals surface area contributed by atoms with Gasteiger partial charge < -0.3 is 5.73 Å². The molecule has 9 heteroatoms. The van der Waals surface area contributed by atoms with Crippen molar-refractivity contribution < 1.29 is 22.0 Å². The third-order valence-corrected chi connectivity index (χ3v) is 5.23. The van der Waals surface area contributed by atoms with E-state index in [0.717, 1.165) is 24.4 Å². The summed E-state index contributed by atoms with van der Waals surface area (Å²) in [6.45, 7) is 0. The first-order chi connectivity index (χ1) is 13.6. The molecule has 4 rings (SSSR count). The van der Waals surface area contributed by atoms with Gasteiger partial charge in [-0.2, -0.15) is 13.2 Å². The summed E-state index contributed by atoms with van der Waals surface area (Å²) in [5, 5.41) is 0.